The number of carbonyl (C=O) groups excluding carboxylic acids is 2. The zero-order valence-corrected chi connectivity index (χ0v) is 12.1. The molecule has 114 valence electrons. The summed E-state index contributed by atoms with van der Waals surface area (Å²) in [4.78, 5) is 23.7. The summed E-state index contributed by atoms with van der Waals surface area (Å²) in [7, 11) is 0. The molecular formula is C15H20N3O3-. The van der Waals surface area contributed by atoms with Crippen molar-refractivity contribution in [3.63, 3.8) is 0 Å². The van der Waals surface area contributed by atoms with Crippen LogP contribution < -0.4 is 10.4 Å². The van der Waals surface area contributed by atoms with E-state index in [1.165, 1.54) is 0 Å². The molecule has 0 unspecified atom stereocenters. The number of fused-ring (bicyclic) bond motifs is 2. The summed E-state index contributed by atoms with van der Waals surface area (Å²) < 4.78 is 1.79. The minimum atomic E-state index is -1.07. The lowest BCUT2D eigenvalue weighted by atomic mass is 9.78. The number of aromatic nitrogens is 2. The van der Waals surface area contributed by atoms with Crippen molar-refractivity contribution < 1.29 is 14.7 Å². The van der Waals surface area contributed by atoms with Crippen LogP contribution >= 0.6 is 0 Å². The van der Waals surface area contributed by atoms with E-state index < -0.39 is 17.8 Å². The highest BCUT2D eigenvalue weighted by Crippen LogP contribution is 2.52. The Morgan fingerprint density at radius 1 is 1.38 bits per heavy atom. The molecule has 3 rings (SSSR count). The van der Waals surface area contributed by atoms with Gasteiger partial charge in [0, 0.05) is 42.7 Å². The molecule has 2 saturated carbocycles. The number of carboxylic acid groups (broad SMARTS) is 1. The van der Waals surface area contributed by atoms with Gasteiger partial charge in [-0.3, -0.25) is 9.48 Å². The van der Waals surface area contributed by atoms with Crippen LogP contribution in [0.3, 0.4) is 0 Å². The molecule has 1 heterocycles. The fourth-order valence-corrected chi connectivity index (χ4v) is 3.99. The molecular weight excluding hydrogens is 270 g/mol. The van der Waals surface area contributed by atoms with Gasteiger partial charge in [0.05, 0.1) is 6.20 Å². The van der Waals surface area contributed by atoms with Gasteiger partial charge >= 0.3 is 0 Å². The van der Waals surface area contributed by atoms with Crippen molar-refractivity contribution >= 4 is 11.9 Å². The highest BCUT2D eigenvalue weighted by molar-refractivity contribution is 5.85. The summed E-state index contributed by atoms with van der Waals surface area (Å²) in [6.45, 7) is 3.18. The van der Waals surface area contributed by atoms with E-state index in [1.54, 1.807) is 10.9 Å². The van der Waals surface area contributed by atoms with Gasteiger partial charge in [-0.05, 0) is 38.0 Å². The average molecular weight is 290 g/mol. The molecule has 1 aromatic rings. The van der Waals surface area contributed by atoms with Gasteiger partial charge in [-0.1, -0.05) is 0 Å². The molecule has 2 aliphatic carbocycles. The Labute approximate surface area is 123 Å². The monoisotopic (exact) mass is 290 g/mol. The first kappa shape index (κ1) is 14.1. The number of carboxylic acids is 1. The summed E-state index contributed by atoms with van der Waals surface area (Å²) >= 11 is 0. The smallest absolute Gasteiger partial charge is 0.224 e. The summed E-state index contributed by atoms with van der Waals surface area (Å²) in [5.41, 5.74) is 0.929. The predicted octanol–water partition coefficient (Wildman–Crippen LogP) is -0.0686. The Hall–Kier alpha value is -1.85. The number of hydrogen-bond donors (Lipinski definition) is 1. The van der Waals surface area contributed by atoms with Crippen LogP contribution in [-0.4, -0.2) is 21.7 Å². The molecule has 4 atom stereocenters. The third-order valence-corrected chi connectivity index (χ3v) is 4.97. The van der Waals surface area contributed by atoms with Crippen molar-refractivity contribution in [1.29, 1.82) is 0 Å². The molecule has 0 aromatic carbocycles. The standard InChI is InChI=1S/C15H21N3O3/c1-2-18-8-9(7-17-18)6-16-14(19)12-10-3-4-11(5-10)13(12)15(20)21/h7-8,10-13H,2-6H2,1H3,(H,16,19)(H,20,21)/p-1/t10-,11-,12+,13-/m0/s1. The molecule has 0 saturated heterocycles. The van der Waals surface area contributed by atoms with Crippen LogP contribution in [0.2, 0.25) is 0 Å². The zero-order chi connectivity index (χ0) is 15.0. The fraction of sp³-hybridized carbons (Fsp3) is 0.667. The number of aryl methyl sites for hydroxylation is 1. The first-order chi connectivity index (χ1) is 10.1. The minimum absolute atomic E-state index is 0.124. The molecule has 0 spiro atoms. The largest absolute Gasteiger partial charge is 0.550 e. The van der Waals surface area contributed by atoms with Crippen LogP contribution in [0.4, 0.5) is 0 Å². The Balaban J connectivity index is 1.63. The van der Waals surface area contributed by atoms with Crippen molar-refractivity contribution in [3.05, 3.63) is 18.0 Å². The molecule has 1 amide bonds. The second kappa shape index (κ2) is 5.50. The van der Waals surface area contributed by atoms with E-state index >= 15 is 0 Å². The summed E-state index contributed by atoms with van der Waals surface area (Å²) in [6, 6.07) is 0. The maximum atomic E-state index is 12.4. The maximum Gasteiger partial charge on any atom is 0.224 e. The van der Waals surface area contributed by atoms with Crippen LogP contribution in [0.5, 0.6) is 0 Å². The number of hydrogen-bond acceptors (Lipinski definition) is 4. The number of amides is 1. The first-order valence-electron chi connectivity index (χ1n) is 7.60. The van der Waals surface area contributed by atoms with Crippen molar-refractivity contribution in [2.45, 2.75) is 39.3 Å². The molecule has 2 aliphatic rings. The summed E-state index contributed by atoms with van der Waals surface area (Å²) in [5.74, 6) is -1.92. The molecule has 2 bridgehead atoms. The Morgan fingerprint density at radius 2 is 2.10 bits per heavy atom. The lowest BCUT2D eigenvalue weighted by Crippen LogP contribution is -2.45. The second-order valence-corrected chi connectivity index (χ2v) is 6.13. The fourth-order valence-electron chi connectivity index (χ4n) is 3.99. The van der Waals surface area contributed by atoms with Gasteiger partial charge in [0.1, 0.15) is 0 Å². The highest BCUT2D eigenvalue weighted by Gasteiger charge is 2.51. The Bertz CT molecular complexity index is 554. The van der Waals surface area contributed by atoms with Gasteiger partial charge in [0.25, 0.3) is 0 Å². The summed E-state index contributed by atoms with van der Waals surface area (Å²) in [6.07, 6.45) is 6.33. The molecule has 21 heavy (non-hydrogen) atoms. The van der Waals surface area contributed by atoms with Gasteiger partial charge < -0.3 is 15.2 Å². The second-order valence-electron chi connectivity index (χ2n) is 6.13. The van der Waals surface area contributed by atoms with E-state index in [0.29, 0.717) is 6.54 Å². The van der Waals surface area contributed by atoms with Crippen LogP contribution in [0, 0.1) is 23.7 Å². The Kier molecular flexibility index (Phi) is 3.69. The van der Waals surface area contributed by atoms with Gasteiger partial charge in [-0.25, -0.2) is 0 Å². The van der Waals surface area contributed by atoms with Gasteiger partial charge in [-0.2, -0.15) is 5.10 Å². The van der Waals surface area contributed by atoms with E-state index in [1.807, 2.05) is 13.1 Å². The number of nitrogens with zero attached hydrogens (tertiary/aromatic N) is 2. The van der Waals surface area contributed by atoms with E-state index in [2.05, 4.69) is 10.4 Å². The van der Waals surface area contributed by atoms with Crippen molar-refractivity contribution in [2.24, 2.45) is 23.7 Å². The van der Waals surface area contributed by atoms with Gasteiger partial charge in [0.15, 0.2) is 0 Å². The van der Waals surface area contributed by atoms with Gasteiger partial charge in [-0.15, -0.1) is 0 Å². The van der Waals surface area contributed by atoms with Crippen LogP contribution in [-0.2, 0) is 22.7 Å². The number of carbonyl (C=O) groups is 2. The normalized spacial score (nSPS) is 30.5. The summed E-state index contributed by atoms with van der Waals surface area (Å²) in [5, 5.41) is 18.3. The Morgan fingerprint density at radius 3 is 2.71 bits per heavy atom. The third kappa shape index (κ3) is 2.54. The molecule has 6 nitrogen and oxygen atoms in total. The lowest BCUT2D eigenvalue weighted by molar-refractivity contribution is -0.314. The lowest BCUT2D eigenvalue weighted by Gasteiger charge is -2.30. The van der Waals surface area contributed by atoms with Crippen LogP contribution in [0.15, 0.2) is 12.4 Å². The minimum Gasteiger partial charge on any atom is -0.550 e. The number of rotatable bonds is 5. The highest BCUT2D eigenvalue weighted by atomic mass is 16.4. The maximum absolute atomic E-state index is 12.4. The van der Waals surface area contributed by atoms with E-state index in [0.717, 1.165) is 31.4 Å². The van der Waals surface area contributed by atoms with E-state index in [4.69, 9.17) is 0 Å². The van der Waals surface area contributed by atoms with Crippen molar-refractivity contribution in [3.8, 4) is 0 Å². The topological polar surface area (TPSA) is 87.0 Å². The van der Waals surface area contributed by atoms with Gasteiger partial charge in [0.2, 0.25) is 5.91 Å². The van der Waals surface area contributed by atoms with E-state index in [9.17, 15) is 14.7 Å². The molecule has 0 radical (unpaired) electrons. The van der Waals surface area contributed by atoms with E-state index in [-0.39, 0.29) is 17.7 Å². The molecule has 1 N–H and O–H groups in total. The van der Waals surface area contributed by atoms with Crippen molar-refractivity contribution in [2.75, 3.05) is 0 Å². The molecule has 2 fully saturated rings. The number of nitrogens with one attached hydrogen (secondary N) is 1. The number of aliphatic carboxylic acids is 1. The zero-order valence-electron chi connectivity index (χ0n) is 12.1. The molecule has 0 aliphatic heterocycles. The SMILES string of the molecule is CCn1cc(CNC(=O)[C@@H]2[C@H]3CC[C@@H](C3)[C@@H]2C(=O)[O-])cn1. The van der Waals surface area contributed by atoms with Crippen molar-refractivity contribution in [1.82, 2.24) is 15.1 Å². The average Bonchev–Trinajstić information content (AvgIpc) is 3.18. The first-order valence-corrected chi connectivity index (χ1v) is 7.60. The van der Waals surface area contributed by atoms with Crippen LogP contribution in [0.1, 0.15) is 31.7 Å². The third-order valence-electron chi connectivity index (χ3n) is 4.97. The quantitative estimate of drug-likeness (QED) is 0.822. The molecule has 1 aromatic heterocycles. The molecule has 6 heteroatoms. The predicted molar refractivity (Wildman–Crippen MR) is 72.6 cm³/mol. The van der Waals surface area contributed by atoms with Crippen LogP contribution in [0.25, 0.3) is 0 Å².